The normalized spacial score (nSPS) is 13.1. The van der Waals surface area contributed by atoms with Crippen molar-refractivity contribution in [1.82, 2.24) is 0 Å². The second-order valence-electron chi connectivity index (χ2n) is 5.45. The first-order chi connectivity index (χ1) is 12.5. The number of fused-ring (bicyclic) bond motifs is 1. The van der Waals surface area contributed by atoms with Gasteiger partial charge >= 0.3 is 0 Å². The molecule has 3 rings (SSSR count). The first-order valence-electron chi connectivity index (χ1n) is 7.80. The van der Waals surface area contributed by atoms with Crippen LogP contribution in [0.1, 0.15) is 6.92 Å². The van der Waals surface area contributed by atoms with Crippen molar-refractivity contribution >= 4 is 23.2 Å². The Hall–Kier alpha value is -2.80. The van der Waals surface area contributed by atoms with Crippen LogP contribution in [0.3, 0.4) is 0 Å². The van der Waals surface area contributed by atoms with E-state index in [1.807, 2.05) is 0 Å². The lowest BCUT2D eigenvalue weighted by Crippen LogP contribution is -2.30. The molecule has 0 radical (unpaired) electrons. The second-order valence-corrected chi connectivity index (χ2v) is 5.86. The van der Waals surface area contributed by atoms with Crippen molar-refractivity contribution in [3.05, 3.63) is 35.4 Å². The summed E-state index contributed by atoms with van der Waals surface area (Å²) >= 11 is 6.07. The van der Waals surface area contributed by atoms with Gasteiger partial charge in [0.2, 0.25) is 6.79 Å². The van der Waals surface area contributed by atoms with Crippen LogP contribution in [-0.2, 0) is 4.79 Å². The Morgan fingerprint density at radius 1 is 1.12 bits per heavy atom. The number of hydrogen-bond donors (Lipinski definition) is 1. The fraction of sp³-hybridized carbons (Fsp3) is 0.278. The molecule has 7 nitrogen and oxygen atoms in total. The zero-order chi connectivity index (χ0) is 18.7. The Labute approximate surface area is 155 Å². The Balaban J connectivity index is 1.71. The van der Waals surface area contributed by atoms with Gasteiger partial charge in [-0.25, -0.2) is 0 Å². The molecule has 26 heavy (non-hydrogen) atoms. The fourth-order valence-corrected chi connectivity index (χ4v) is 2.63. The van der Waals surface area contributed by atoms with Gasteiger partial charge in [-0.05, 0) is 19.1 Å². The van der Waals surface area contributed by atoms with E-state index in [1.54, 1.807) is 37.3 Å². The summed E-state index contributed by atoms with van der Waals surface area (Å²) in [6.07, 6.45) is -0.762. The van der Waals surface area contributed by atoms with E-state index >= 15 is 0 Å². The van der Waals surface area contributed by atoms with E-state index < -0.39 is 6.10 Å². The summed E-state index contributed by atoms with van der Waals surface area (Å²) in [7, 11) is 2.98. The maximum Gasteiger partial charge on any atom is 0.265 e. The molecule has 8 heteroatoms. The number of ether oxygens (including phenoxy) is 5. The first kappa shape index (κ1) is 18.0. The number of halogens is 1. The SMILES string of the molecule is COc1cc(NC(=O)C(C)Oc2ccc3c(c2)OCO3)c(OC)cc1Cl. The maximum absolute atomic E-state index is 12.5. The van der Waals surface area contributed by atoms with Crippen molar-refractivity contribution in [2.24, 2.45) is 0 Å². The van der Waals surface area contributed by atoms with Gasteiger partial charge in [-0.2, -0.15) is 0 Å². The fourth-order valence-electron chi connectivity index (χ4n) is 2.40. The van der Waals surface area contributed by atoms with E-state index in [2.05, 4.69) is 5.32 Å². The van der Waals surface area contributed by atoms with E-state index in [0.29, 0.717) is 39.5 Å². The molecule has 1 heterocycles. The van der Waals surface area contributed by atoms with Crippen LogP contribution in [0.2, 0.25) is 5.02 Å². The number of benzene rings is 2. The van der Waals surface area contributed by atoms with Crippen LogP contribution in [0.25, 0.3) is 0 Å². The molecule has 0 fully saturated rings. The van der Waals surface area contributed by atoms with Crippen LogP contribution >= 0.6 is 11.6 Å². The summed E-state index contributed by atoms with van der Waals surface area (Å²) in [6, 6.07) is 8.28. The Morgan fingerprint density at radius 3 is 2.58 bits per heavy atom. The molecule has 0 aliphatic carbocycles. The minimum absolute atomic E-state index is 0.174. The highest BCUT2D eigenvalue weighted by Gasteiger charge is 2.20. The zero-order valence-corrected chi connectivity index (χ0v) is 15.3. The van der Waals surface area contributed by atoms with Crippen molar-refractivity contribution in [2.45, 2.75) is 13.0 Å². The molecule has 2 aromatic carbocycles. The minimum atomic E-state index is -0.762. The summed E-state index contributed by atoms with van der Waals surface area (Å²) in [5.74, 6) is 2.21. The van der Waals surface area contributed by atoms with Gasteiger partial charge < -0.3 is 29.0 Å². The number of hydrogen-bond acceptors (Lipinski definition) is 6. The van der Waals surface area contributed by atoms with E-state index in [-0.39, 0.29) is 12.7 Å². The number of carbonyl (C=O) groups is 1. The standard InChI is InChI=1S/C18H18ClNO6/c1-10(26-11-4-5-14-17(6-11)25-9-24-14)18(21)20-13-8-15(22-2)12(19)7-16(13)23-3/h4-8,10H,9H2,1-3H3,(H,20,21). The molecule has 0 saturated heterocycles. The van der Waals surface area contributed by atoms with Crippen LogP contribution < -0.4 is 29.0 Å². The molecular weight excluding hydrogens is 362 g/mol. The van der Waals surface area contributed by atoms with Gasteiger partial charge in [0, 0.05) is 18.2 Å². The van der Waals surface area contributed by atoms with Gasteiger partial charge in [0.05, 0.1) is 24.9 Å². The molecule has 0 spiro atoms. The van der Waals surface area contributed by atoms with Gasteiger partial charge in [-0.3, -0.25) is 4.79 Å². The number of carbonyl (C=O) groups excluding carboxylic acids is 1. The van der Waals surface area contributed by atoms with E-state index in [0.717, 1.165) is 0 Å². The van der Waals surface area contributed by atoms with Crippen LogP contribution in [0, 0.1) is 0 Å². The molecule has 1 aliphatic rings. The third-order valence-electron chi connectivity index (χ3n) is 3.76. The van der Waals surface area contributed by atoms with E-state index in [4.69, 9.17) is 35.3 Å². The Bertz CT molecular complexity index is 826. The number of amides is 1. The summed E-state index contributed by atoms with van der Waals surface area (Å²) in [4.78, 5) is 12.5. The quantitative estimate of drug-likeness (QED) is 0.828. The van der Waals surface area contributed by atoms with Crippen LogP contribution in [0.5, 0.6) is 28.7 Å². The molecule has 0 saturated carbocycles. The molecule has 0 bridgehead atoms. The second kappa shape index (κ2) is 7.61. The molecule has 1 aliphatic heterocycles. The summed E-state index contributed by atoms with van der Waals surface area (Å²) < 4.78 is 26.6. The molecular formula is C18H18ClNO6. The number of rotatable bonds is 6. The van der Waals surface area contributed by atoms with Gasteiger partial charge in [0.25, 0.3) is 5.91 Å². The highest BCUT2D eigenvalue weighted by molar-refractivity contribution is 6.32. The van der Waals surface area contributed by atoms with Crippen molar-refractivity contribution in [2.75, 3.05) is 26.3 Å². The number of anilines is 1. The lowest BCUT2D eigenvalue weighted by molar-refractivity contribution is -0.122. The molecule has 1 N–H and O–H groups in total. The van der Waals surface area contributed by atoms with Crippen molar-refractivity contribution < 1.29 is 28.5 Å². The number of methoxy groups -OCH3 is 2. The Morgan fingerprint density at radius 2 is 1.85 bits per heavy atom. The average molecular weight is 380 g/mol. The predicted octanol–water partition coefficient (Wildman–Crippen LogP) is 3.49. The zero-order valence-electron chi connectivity index (χ0n) is 14.5. The highest BCUT2D eigenvalue weighted by Crippen LogP contribution is 2.37. The van der Waals surface area contributed by atoms with Gasteiger partial charge in [-0.15, -0.1) is 0 Å². The lowest BCUT2D eigenvalue weighted by atomic mass is 10.2. The summed E-state index contributed by atoms with van der Waals surface area (Å²) in [5, 5.41) is 3.13. The smallest absolute Gasteiger partial charge is 0.265 e. The van der Waals surface area contributed by atoms with Gasteiger partial charge in [0.1, 0.15) is 17.2 Å². The maximum atomic E-state index is 12.5. The molecule has 2 aromatic rings. The van der Waals surface area contributed by atoms with E-state index in [9.17, 15) is 4.79 Å². The molecule has 1 atom stereocenters. The molecule has 1 amide bonds. The van der Waals surface area contributed by atoms with Crippen molar-refractivity contribution in [3.63, 3.8) is 0 Å². The predicted molar refractivity (Wildman–Crippen MR) is 95.8 cm³/mol. The van der Waals surface area contributed by atoms with Crippen LogP contribution in [-0.4, -0.2) is 33.0 Å². The molecule has 0 aromatic heterocycles. The largest absolute Gasteiger partial charge is 0.495 e. The van der Waals surface area contributed by atoms with Gasteiger partial charge in [-0.1, -0.05) is 11.6 Å². The first-order valence-corrected chi connectivity index (χ1v) is 8.18. The monoisotopic (exact) mass is 379 g/mol. The van der Waals surface area contributed by atoms with Crippen LogP contribution in [0.15, 0.2) is 30.3 Å². The van der Waals surface area contributed by atoms with Crippen molar-refractivity contribution in [1.29, 1.82) is 0 Å². The Kier molecular flexibility index (Phi) is 5.27. The van der Waals surface area contributed by atoms with Gasteiger partial charge in [0.15, 0.2) is 17.6 Å². The molecule has 138 valence electrons. The van der Waals surface area contributed by atoms with E-state index in [1.165, 1.54) is 14.2 Å². The number of nitrogens with one attached hydrogen (secondary N) is 1. The van der Waals surface area contributed by atoms with Crippen LogP contribution in [0.4, 0.5) is 5.69 Å². The third-order valence-corrected chi connectivity index (χ3v) is 4.05. The summed E-state index contributed by atoms with van der Waals surface area (Å²) in [6.45, 7) is 1.81. The topological polar surface area (TPSA) is 75.3 Å². The summed E-state index contributed by atoms with van der Waals surface area (Å²) in [5.41, 5.74) is 0.430. The average Bonchev–Trinajstić information content (AvgIpc) is 3.10. The minimum Gasteiger partial charge on any atom is -0.495 e. The van der Waals surface area contributed by atoms with Crippen molar-refractivity contribution in [3.8, 4) is 28.7 Å². The highest BCUT2D eigenvalue weighted by atomic mass is 35.5. The third kappa shape index (κ3) is 3.72. The lowest BCUT2D eigenvalue weighted by Gasteiger charge is -2.17. The molecule has 1 unspecified atom stereocenters.